The van der Waals surface area contributed by atoms with Crippen molar-refractivity contribution in [2.75, 3.05) is 33.1 Å². The second kappa shape index (κ2) is 10.7. The van der Waals surface area contributed by atoms with E-state index in [4.69, 9.17) is 9.47 Å². The molecule has 2 heterocycles. The molecule has 37 heavy (non-hydrogen) atoms. The van der Waals surface area contributed by atoms with Crippen molar-refractivity contribution in [3.05, 3.63) is 66.2 Å². The third kappa shape index (κ3) is 5.40. The minimum atomic E-state index is -0.829. The first-order chi connectivity index (χ1) is 17.7. The Hall–Kier alpha value is -4.40. The number of methoxy groups -OCH3 is 1. The van der Waals surface area contributed by atoms with Gasteiger partial charge in [0.2, 0.25) is 0 Å². The van der Waals surface area contributed by atoms with Gasteiger partial charge in [-0.25, -0.2) is 14.2 Å². The van der Waals surface area contributed by atoms with Gasteiger partial charge >= 0.3 is 6.09 Å². The van der Waals surface area contributed by atoms with Gasteiger partial charge in [0.15, 0.2) is 0 Å². The van der Waals surface area contributed by atoms with Crippen molar-refractivity contribution in [2.24, 2.45) is 5.92 Å². The van der Waals surface area contributed by atoms with E-state index < -0.39 is 17.8 Å². The first-order valence-corrected chi connectivity index (χ1v) is 11.8. The third-order valence-electron chi connectivity index (χ3n) is 5.76. The molecule has 0 radical (unpaired) electrons. The Balaban J connectivity index is 1.79. The van der Waals surface area contributed by atoms with E-state index in [1.807, 2.05) is 50.4 Å². The van der Waals surface area contributed by atoms with Crippen molar-refractivity contribution in [1.29, 1.82) is 0 Å². The normalized spacial score (nSPS) is 11.0. The molecule has 0 atom stereocenters. The van der Waals surface area contributed by atoms with Gasteiger partial charge < -0.3 is 19.4 Å². The van der Waals surface area contributed by atoms with Crippen LogP contribution in [0.2, 0.25) is 0 Å². The summed E-state index contributed by atoms with van der Waals surface area (Å²) in [6, 6.07) is 12.3. The Morgan fingerprint density at radius 2 is 1.86 bits per heavy atom. The molecule has 2 aromatic heterocycles. The molecule has 0 unspecified atom stereocenters. The zero-order chi connectivity index (χ0) is 26.7. The summed E-state index contributed by atoms with van der Waals surface area (Å²) in [4.78, 5) is 34.2. The largest absolute Gasteiger partial charge is 0.496 e. The second-order valence-corrected chi connectivity index (χ2v) is 9.22. The van der Waals surface area contributed by atoms with E-state index in [-0.39, 0.29) is 23.8 Å². The van der Waals surface area contributed by atoms with Gasteiger partial charge in [0.1, 0.15) is 17.2 Å². The van der Waals surface area contributed by atoms with E-state index in [0.717, 1.165) is 16.5 Å². The number of carbonyl (C=O) groups excluding carboxylic acids is 2. The van der Waals surface area contributed by atoms with Gasteiger partial charge in [0, 0.05) is 48.6 Å². The molecule has 0 spiro atoms. The van der Waals surface area contributed by atoms with Gasteiger partial charge in [-0.2, -0.15) is 0 Å². The Bertz CT molecular complexity index is 1460. The molecule has 0 fully saturated rings. The maximum atomic E-state index is 15.4. The highest BCUT2D eigenvalue weighted by molar-refractivity contribution is 6.04. The van der Waals surface area contributed by atoms with Crippen LogP contribution < -0.4 is 10.1 Å². The van der Waals surface area contributed by atoms with Gasteiger partial charge in [-0.15, -0.1) is 0 Å². The maximum absolute atomic E-state index is 15.4. The molecule has 4 aromatic rings. The number of aromatic nitrogens is 2. The van der Waals surface area contributed by atoms with Crippen LogP contribution in [0.5, 0.6) is 5.75 Å². The number of pyridine rings is 1. The molecular weight excluding hydrogens is 475 g/mol. The number of fused-ring (bicyclic) bond motifs is 1. The Kier molecular flexibility index (Phi) is 7.42. The molecule has 2 aromatic carbocycles. The van der Waals surface area contributed by atoms with Gasteiger partial charge in [0.05, 0.1) is 25.0 Å². The van der Waals surface area contributed by atoms with Crippen LogP contribution in [0.3, 0.4) is 0 Å². The Morgan fingerprint density at radius 3 is 2.57 bits per heavy atom. The van der Waals surface area contributed by atoms with Crippen molar-refractivity contribution >= 4 is 28.7 Å². The molecule has 9 heteroatoms. The first-order valence-electron chi connectivity index (χ1n) is 11.8. The molecule has 0 aliphatic rings. The number of rotatable bonds is 7. The van der Waals surface area contributed by atoms with Crippen LogP contribution in [0.25, 0.3) is 33.3 Å². The van der Waals surface area contributed by atoms with E-state index >= 15 is 4.39 Å². The van der Waals surface area contributed by atoms with Gasteiger partial charge in [-0.3, -0.25) is 10.1 Å². The summed E-state index contributed by atoms with van der Waals surface area (Å²) in [7, 11) is 4.72. The van der Waals surface area contributed by atoms with Crippen molar-refractivity contribution in [3.63, 3.8) is 0 Å². The van der Waals surface area contributed by atoms with Crippen LogP contribution in [-0.4, -0.2) is 54.7 Å². The topological polar surface area (TPSA) is 96.5 Å². The van der Waals surface area contributed by atoms with E-state index in [1.54, 1.807) is 33.5 Å². The second-order valence-electron chi connectivity index (χ2n) is 9.22. The lowest BCUT2D eigenvalue weighted by Crippen LogP contribution is -2.25. The van der Waals surface area contributed by atoms with Crippen molar-refractivity contribution in [2.45, 2.75) is 13.8 Å². The highest BCUT2D eigenvalue weighted by Gasteiger charge is 2.22. The number of anilines is 1. The standard InChI is InChI=1S/C28H29FN4O4/c1-16(2)15-37-28(35)32-25-21(27(34)33(3)4)10-17(12-23(25)29)18-11-20-22(14-31-26(20)30-13-18)19-8-6-7-9-24(19)36-5/h6-14,16H,15H2,1-5H3,(H,30,31)(H,32,35). The first kappa shape index (κ1) is 25.7. The number of hydrogen-bond donors (Lipinski definition) is 2. The highest BCUT2D eigenvalue weighted by Crippen LogP contribution is 2.37. The van der Waals surface area contributed by atoms with Crippen LogP contribution in [-0.2, 0) is 4.74 Å². The van der Waals surface area contributed by atoms with Crippen LogP contribution in [0.1, 0.15) is 24.2 Å². The number of nitrogens with zero attached hydrogens (tertiary/aromatic N) is 2. The minimum Gasteiger partial charge on any atom is -0.496 e. The number of ether oxygens (including phenoxy) is 2. The van der Waals surface area contributed by atoms with Crippen molar-refractivity contribution in [1.82, 2.24) is 14.9 Å². The smallest absolute Gasteiger partial charge is 0.411 e. The fourth-order valence-corrected chi connectivity index (χ4v) is 3.94. The predicted octanol–water partition coefficient (Wildman–Crippen LogP) is 5.95. The summed E-state index contributed by atoms with van der Waals surface area (Å²) in [6.07, 6.45) is 2.62. The van der Waals surface area contributed by atoms with Crippen LogP contribution >= 0.6 is 0 Å². The minimum absolute atomic E-state index is 0.000569. The lowest BCUT2D eigenvalue weighted by Gasteiger charge is -2.17. The molecule has 4 rings (SSSR count). The SMILES string of the molecule is COc1ccccc1-c1c[nH]c2ncc(-c3cc(F)c(NC(=O)OCC(C)C)c(C(=O)N(C)C)c3)cc12. The average Bonchev–Trinajstić information content (AvgIpc) is 3.31. The number of halogens is 1. The zero-order valence-electron chi connectivity index (χ0n) is 21.4. The lowest BCUT2D eigenvalue weighted by atomic mass is 9.99. The summed E-state index contributed by atoms with van der Waals surface area (Å²) in [6.45, 7) is 3.94. The molecular formula is C28H29FN4O4. The number of hydrogen-bond acceptors (Lipinski definition) is 5. The number of carbonyl (C=O) groups is 2. The number of amides is 2. The fourth-order valence-electron chi connectivity index (χ4n) is 3.94. The highest BCUT2D eigenvalue weighted by atomic mass is 19.1. The molecule has 2 amide bonds. The average molecular weight is 505 g/mol. The summed E-state index contributed by atoms with van der Waals surface area (Å²) in [5.74, 6) is -0.412. The van der Waals surface area contributed by atoms with Crippen molar-refractivity contribution < 1.29 is 23.5 Å². The number of benzene rings is 2. The molecule has 192 valence electrons. The molecule has 2 N–H and O–H groups in total. The van der Waals surface area contributed by atoms with E-state index in [0.29, 0.717) is 22.5 Å². The molecule has 0 aliphatic heterocycles. The Morgan fingerprint density at radius 1 is 1.11 bits per heavy atom. The van der Waals surface area contributed by atoms with E-state index in [2.05, 4.69) is 15.3 Å². The predicted molar refractivity (Wildman–Crippen MR) is 141 cm³/mol. The summed E-state index contributed by atoms with van der Waals surface area (Å²) >= 11 is 0. The number of nitrogens with one attached hydrogen (secondary N) is 2. The molecule has 8 nitrogen and oxygen atoms in total. The maximum Gasteiger partial charge on any atom is 0.411 e. The Labute approximate surface area is 214 Å². The fraction of sp³-hybridized carbons (Fsp3) is 0.250. The quantitative estimate of drug-likeness (QED) is 0.324. The van der Waals surface area contributed by atoms with Crippen LogP contribution in [0, 0.1) is 11.7 Å². The van der Waals surface area contributed by atoms with Crippen molar-refractivity contribution in [3.8, 4) is 28.0 Å². The summed E-state index contributed by atoms with van der Waals surface area (Å²) < 4.78 is 26.0. The third-order valence-corrected chi connectivity index (χ3v) is 5.76. The van der Waals surface area contributed by atoms with Crippen LogP contribution in [0.4, 0.5) is 14.9 Å². The molecule has 0 bridgehead atoms. The van der Waals surface area contributed by atoms with Gasteiger partial charge in [0.25, 0.3) is 5.91 Å². The van der Waals surface area contributed by atoms with Gasteiger partial charge in [-0.05, 0) is 35.7 Å². The zero-order valence-corrected chi connectivity index (χ0v) is 21.4. The molecule has 0 saturated carbocycles. The summed E-state index contributed by atoms with van der Waals surface area (Å²) in [5.41, 5.74) is 3.21. The van der Waals surface area contributed by atoms with E-state index in [9.17, 15) is 9.59 Å². The number of H-pyrrole nitrogens is 1. The monoisotopic (exact) mass is 504 g/mol. The molecule has 0 saturated heterocycles. The number of para-hydroxylation sites is 1. The van der Waals surface area contributed by atoms with E-state index in [1.165, 1.54) is 11.0 Å². The van der Waals surface area contributed by atoms with Gasteiger partial charge in [-0.1, -0.05) is 32.0 Å². The van der Waals surface area contributed by atoms with Crippen LogP contribution in [0.15, 0.2) is 54.9 Å². The summed E-state index contributed by atoms with van der Waals surface area (Å²) in [5, 5.41) is 3.21. The lowest BCUT2D eigenvalue weighted by molar-refractivity contribution is 0.0828. The molecule has 0 aliphatic carbocycles. The number of aromatic amines is 1.